The van der Waals surface area contributed by atoms with E-state index in [0.29, 0.717) is 0 Å². The molecule has 0 radical (unpaired) electrons. The summed E-state index contributed by atoms with van der Waals surface area (Å²) >= 11 is 0. The van der Waals surface area contributed by atoms with Crippen LogP contribution in [-0.2, 0) is 0 Å². The summed E-state index contributed by atoms with van der Waals surface area (Å²) in [6, 6.07) is 0. The first-order valence-electron chi connectivity index (χ1n) is 5.84. The molecule has 0 saturated heterocycles. The van der Waals surface area contributed by atoms with Crippen LogP contribution >= 0.6 is 0 Å². The number of hydrogen-bond acceptors (Lipinski definition) is 0. The predicted molar refractivity (Wildman–Crippen MR) is 59.7 cm³/mol. The van der Waals surface area contributed by atoms with Gasteiger partial charge in [-0.05, 0) is 37.0 Å². The quantitative estimate of drug-likeness (QED) is 0.564. The molecule has 76 valence electrons. The molecule has 0 aliphatic heterocycles. The topological polar surface area (TPSA) is 0 Å². The lowest BCUT2D eigenvalue weighted by Gasteiger charge is -2.27. The molecule has 0 heteroatoms. The van der Waals surface area contributed by atoms with E-state index in [0.717, 1.165) is 17.8 Å². The summed E-state index contributed by atoms with van der Waals surface area (Å²) in [6.07, 6.45) is 7.97. The van der Waals surface area contributed by atoms with Crippen LogP contribution in [0.25, 0.3) is 0 Å². The Morgan fingerprint density at radius 1 is 1.38 bits per heavy atom. The number of allylic oxidation sites excluding steroid dienone is 2. The SMILES string of the molecule is CCC(C)[C@H]1CC=C(C(C)C)CC1. The first kappa shape index (κ1) is 10.8. The Bertz CT molecular complexity index is 176. The highest BCUT2D eigenvalue weighted by Gasteiger charge is 2.19. The Morgan fingerprint density at radius 2 is 2.08 bits per heavy atom. The molecule has 0 saturated carbocycles. The third kappa shape index (κ3) is 2.86. The highest BCUT2D eigenvalue weighted by Crippen LogP contribution is 2.33. The van der Waals surface area contributed by atoms with E-state index in [2.05, 4.69) is 33.8 Å². The van der Waals surface area contributed by atoms with Crippen LogP contribution < -0.4 is 0 Å². The first-order chi connectivity index (χ1) is 6.15. The largest absolute Gasteiger partial charge is 0.0848 e. The maximum absolute atomic E-state index is 2.50. The van der Waals surface area contributed by atoms with Crippen LogP contribution in [-0.4, -0.2) is 0 Å². The maximum Gasteiger partial charge on any atom is -0.0260 e. The number of hydrogen-bond donors (Lipinski definition) is 0. The molecule has 0 bridgehead atoms. The van der Waals surface area contributed by atoms with E-state index in [1.165, 1.54) is 25.7 Å². The Morgan fingerprint density at radius 3 is 2.46 bits per heavy atom. The van der Waals surface area contributed by atoms with Gasteiger partial charge in [0, 0.05) is 0 Å². The minimum absolute atomic E-state index is 0.776. The van der Waals surface area contributed by atoms with Gasteiger partial charge in [-0.1, -0.05) is 45.8 Å². The van der Waals surface area contributed by atoms with Crippen LogP contribution in [0.15, 0.2) is 11.6 Å². The fourth-order valence-corrected chi connectivity index (χ4v) is 2.25. The number of rotatable bonds is 3. The van der Waals surface area contributed by atoms with E-state index in [1.807, 2.05) is 0 Å². The molecule has 1 aliphatic carbocycles. The van der Waals surface area contributed by atoms with Crippen LogP contribution in [0.4, 0.5) is 0 Å². The fourth-order valence-electron chi connectivity index (χ4n) is 2.25. The molecule has 0 aromatic rings. The predicted octanol–water partition coefficient (Wildman–Crippen LogP) is 4.42. The summed E-state index contributed by atoms with van der Waals surface area (Å²) in [6.45, 7) is 9.34. The molecule has 13 heavy (non-hydrogen) atoms. The zero-order valence-electron chi connectivity index (χ0n) is 9.64. The van der Waals surface area contributed by atoms with E-state index >= 15 is 0 Å². The van der Waals surface area contributed by atoms with E-state index in [1.54, 1.807) is 5.57 Å². The molecule has 0 nitrogen and oxygen atoms in total. The van der Waals surface area contributed by atoms with Crippen molar-refractivity contribution in [1.82, 2.24) is 0 Å². The van der Waals surface area contributed by atoms with Gasteiger partial charge >= 0.3 is 0 Å². The Balaban J connectivity index is 2.46. The molecular weight excluding hydrogens is 156 g/mol. The Kier molecular flexibility index (Phi) is 4.02. The van der Waals surface area contributed by atoms with Crippen LogP contribution in [0.5, 0.6) is 0 Å². The minimum Gasteiger partial charge on any atom is -0.0848 e. The van der Waals surface area contributed by atoms with Gasteiger partial charge in [-0.2, -0.15) is 0 Å². The van der Waals surface area contributed by atoms with Crippen molar-refractivity contribution in [2.75, 3.05) is 0 Å². The highest BCUT2D eigenvalue weighted by molar-refractivity contribution is 5.08. The van der Waals surface area contributed by atoms with E-state index in [4.69, 9.17) is 0 Å². The summed E-state index contributed by atoms with van der Waals surface area (Å²) in [5.74, 6) is 2.66. The molecule has 0 heterocycles. The molecule has 0 spiro atoms. The molecule has 0 aromatic carbocycles. The average molecular weight is 180 g/mol. The molecular formula is C13H24. The van der Waals surface area contributed by atoms with Gasteiger partial charge in [0.2, 0.25) is 0 Å². The lowest BCUT2D eigenvalue weighted by molar-refractivity contribution is 0.314. The molecule has 1 unspecified atom stereocenters. The standard InChI is InChI=1S/C13H24/c1-5-11(4)13-8-6-12(7-9-13)10(2)3/h6,10-11,13H,5,7-9H2,1-4H3/t11?,13-/m0/s1. The van der Waals surface area contributed by atoms with Gasteiger partial charge in [0.1, 0.15) is 0 Å². The average Bonchev–Trinajstić information content (AvgIpc) is 2.17. The summed E-state index contributed by atoms with van der Waals surface area (Å²) in [4.78, 5) is 0. The van der Waals surface area contributed by atoms with Crippen molar-refractivity contribution < 1.29 is 0 Å². The summed E-state index contributed by atoms with van der Waals surface area (Å²) in [5, 5.41) is 0. The monoisotopic (exact) mass is 180 g/mol. The normalized spacial score (nSPS) is 25.9. The molecule has 1 aliphatic rings. The highest BCUT2D eigenvalue weighted by atomic mass is 14.2. The second kappa shape index (κ2) is 4.83. The molecule has 1 rings (SSSR count). The van der Waals surface area contributed by atoms with Gasteiger partial charge in [-0.25, -0.2) is 0 Å². The molecule has 0 amide bonds. The van der Waals surface area contributed by atoms with Crippen molar-refractivity contribution in [2.24, 2.45) is 17.8 Å². The first-order valence-corrected chi connectivity index (χ1v) is 5.84. The zero-order valence-corrected chi connectivity index (χ0v) is 9.64. The molecule has 0 fully saturated rings. The van der Waals surface area contributed by atoms with Gasteiger partial charge in [-0.3, -0.25) is 0 Å². The Labute approximate surface area is 83.4 Å². The molecule has 0 N–H and O–H groups in total. The van der Waals surface area contributed by atoms with Gasteiger partial charge in [0.25, 0.3) is 0 Å². The molecule has 0 aromatic heterocycles. The lowest BCUT2D eigenvalue weighted by atomic mass is 9.78. The van der Waals surface area contributed by atoms with E-state index in [-0.39, 0.29) is 0 Å². The third-order valence-corrected chi connectivity index (χ3v) is 3.68. The fraction of sp³-hybridized carbons (Fsp3) is 0.846. The van der Waals surface area contributed by atoms with Gasteiger partial charge in [0.15, 0.2) is 0 Å². The summed E-state index contributed by atoms with van der Waals surface area (Å²) < 4.78 is 0. The second-order valence-corrected chi connectivity index (χ2v) is 4.85. The van der Waals surface area contributed by atoms with E-state index < -0.39 is 0 Å². The van der Waals surface area contributed by atoms with Crippen molar-refractivity contribution in [3.63, 3.8) is 0 Å². The lowest BCUT2D eigenvalue weighted by Crippen LogP contribution is -2.15. The van der Waals surface area contributed by atoms with Crippen molar-refractivity contribution in [2.45, 2.75) is 53.4 Å². The minimum atomic E-state index is 0.776. The van der Waals surface area contributed by atoms with Crippen LogP contribution in [0.2, 0.25) is 0 Å². The van der Waals surface area contributed by atoms with Crippen LogP contribution in [0.1, 0.15) is 53.4 Å². The van der Waals surface area contributed by atoms with Crippen molar-refractivity contribution in [3.05, 3.63) is 11.6 Å². The van der Waals surface area contributed by atoms with Crippen molar-refractivity contribution >= 4 is 0 Å². The Hall–Kier alpha value is -0.260. The van der Waals surface area contributed by atoms with Gasteiger partial charge in [0.05, 0.1) is 0 Å². The molecule has 2 atom stereocenters. The third-order valence-electron chi connectivity index (χ3n) is 3.68. The second-order valence-electron chi connectivity index (χ2n) is 4.85. The van der Waals surface area contributed by atoms with Crippen molar-refractivity contribution in [3.8, 4) is 0 Å². The van der Waals surface area contributed by atoms with Crippen molar-refractivity contribution in [1.29, 1.82) is 0 Å². The van der Waals surface area contributed by atoms with Crippen LogP contribution in [0.3, 0.4) is 0 Å². The maximum atomic E-state index is 2.50. The smallest absolute Gasteiger partial charge is 0.0260 e. The van der Waals surface area contributed by atoms with Gasteiger partial charge in [-0.15, -0.1) is 0 Å². The van der Waals surface area contributed by atoms with E-state index in [9.17, 15) is 0 Å². The summed E-state index contributed by atoms with van der Waals surface area (Å²) in [7, 11) is 0. The zero-order chi connectivity index (χ0) is 9.84. The van der Waals surface area contributed by atoms with Crippen LogP contribution in [0, 0.1) is 17.8 Å². The summed E-state index contributed by atoms with van der Waals surface area (Å²) in [5.41, 5.74) is 1.69. The van der Waals surface area contributed by atoms with Gasteiger partial charge < -0.3 is 0 Å².